The highest BCUT2D eigenvalue weighted by Gasteiger charge is 2.41. The summed E-state index contributed by atoms with van der Waals surface area (Å²) in [4.78, 5) is 57.0. The van der Waals surface area contributed by atoms with Crippen LogP contribution in [0.4, 0.5) is 20.2 Å². The summed E-state index contributed by atoms with van der Waals surface area (Å²) < 4.78 is 33.8. The van der Waals surface area contributed by atoms with Gasteiger partial charge in [0.25, 0.3) is 5.91 Å². The van der Waals surface area contributed by atoms with Crippen LogP contribution >= 0.6 is 0 Å². The second kappa shape index (κ2) is 16.7. The highest BCUT2D eigenvalue weighted by atomic mass is 19.1. The Morgan fingerprint density at radius 1 is 0.969 bits per heavy atom. The van der Waals surface area contributed by atoms with Gasteiger partial charge in [0.1, 0.15) is 23.4 Å². The molecule has 9 rings (SSSR count). The molecule has 3 aliphatic heterocycles. The van der Waals surface area contributed by atoms with Gasteiger partial charge in [0.2, 0.25) is 17.7 Å². The summed E-state index contributed by atoms with van der Waals surface area (Å²) in [6.07, 6.45) is 7.09. The molecule has 0 unspecified atom stereocenters. The molecular weight excluding hydrogens is 825 g/mol. The van der Waals surface area contributed by atoms with Crippen LogP contribution in [0.15, 0.2) is 54.9 Å². The minimum Gasteiger partial charge on any atom is -0.386 e. The molecule has 64 heavy (non-hydrogen) atoms. The number of nitrogens with zero attached hydrogens (tertiary/aromatic N) is 9. The van der Waals surface area contributed by atoms with Crippen LogP contribution in [0.25, 0.3) is 16.4 Å². The number of imide groups is 1. The number of carbonyl (C=O) groups excluding carboxylic acids is 4. The van der Waals surface area contributed by atoms with Crippen LogP contribution in [0.1, 0.15) is 97.9 Å². The van der Waals surface area contributed by atoms with Crippen molar-refractivity contribution in [3.8, 4) is 12.1 Å². The molecule has 3 saturated heterocycles. The number of piperazine rings is 1. The van der Waals surface area contributed by atoms with E-state index in [-0.39, 0.29) is 79.2 Å². The fourth-order valence-electron chi connectivity index (χ4n) is 9.96. The number of nitriles is 2. The summed E-state index contributed by atoms with van der Waals surface area (Å²) in [6, 6.07) is 15.5. The zero-order chi connectivity index (χ0) is 45.0. The maximum atomic E-state index is 15.2. The Labute approximate surface area is 367 Å². The Balaban J connectivity index is 0.814. The first-order valence-electron chi connectivity index (χ1n) is 21.6. The van der Waals surface area contributed by atoms with Crippen molar-refractivity contribution in [2.45, 2.75) is 88.4 Å². The molecule has 0 radical (unpaired) electrons. The summed E-state index contributed by atoms with van der Waals surface area (Å²) >= 11 is 0. The molecule has 1 aliphatic carbocycles. The minimum atomic E-state index is -1.30. The lowest BCUT2D eigenvalue weighted by molar-refractivity contribution is -0.140. The first-order chi connectivity index (χ1) is 30.7. The van der Waals surface area contributed by atoms with E-state index in [1.54, 1.807) is 43.0 Å². The zero-order valence-electron chi connectivity index (χ0n) is 35.4. The lowest BCUT2D eigenvalue weighted by Gasteiger charge is -2.48. The minimum absolute atomic E-state index is 0.00270. The summed E-state index contributed by atoms with van der Waals surface area (Å²) in [5.74, 6) is -4.83. The standard InChI is InChI=1S/C46H47F2N11O5/c1-46(2,64)35-19-38-27(16-39(35)52-44(62)40-9-7-31-15-26(20-50)21-51-59(31)40)24-58(54-38)30-5-3-29(4-6-30)57-14-13-55(25-32(57)11-12-49)45(63)28-22-56(23-28)33-17-36(47)42(37(48)18-33)34-8-10-41(60)53-43(34)61/h7,9,15-19,21,24,28-30,32,34,64H,3-6,8,10-11,13-14,22-23,25H2,1-2H3,(H,52,62)(H,53,60,61)/t29?,30?,32-,34-/m1/s1. The molecule has 3 N–H and O–H groups in total. The summed E-state index contributed by atoms with van der Waals surface area (Å²) in [7, 11) is 0. The first-order valence-corrected chi connectivity index (χ1v) is 21.6. The van der Waals surface area contributed by atoms with E-state index < -0.39 is 40.9 Å². The summed E-state index contributed by atoms with van der Waals surface area (Å²) in [6.45, 7) is 5.42. The number of halogens is 2. The number of rotatable bonds is 9. The molecule has 3 aromatic heterocycles. The smallest absolute Gasteiger partial charge is 0.274 e. The fraction of sp³-hybridized carbons (Fsp3) is 0.435. The lowest BCUT2D eigenvalue weighted by atomic mass is 9.88. The molecule has 0 bridgehead atoms. The number of aliphatic hydroxyl groups is 1. The number of benzene rings is 2. The predicted octanol–water partition coefficient (Wildman–Crippen LogP) is 4.88. The van der Waals surface area contributed by atoms with Crippen molar-refractivity contribution in [1.82, 2.24) is 34.5 Å². The summed E-state index contributed by atoms with van der Waals surface area (Å²) in [5, 5.41) is 45.3. The second-order valence-corrected chi connectivity index (χ2v) is 17.9. The van der Waals surface area contributed by atoms with Gasteiger partial charge in [-0.25, -0.2) is 13.3 Å². The third-order valence-electron chi connectivity index (χ3n) is 13.4. The van der Waals surface area contributed by atoms with Crippen molar-refractivity contribution in [2.75, 3.05) is 42.9 Å². The van der Waals surface area contributed by atoms with Gasteiger partial charge < -0.3 is 20.2 Å². The third kappa shape index (κ3) is 8.03. The van der Waals surface area contributed by atoms with Crippen LogP contribution in [0.3, 0.4) is 0 Å². The predicted molar refractivity (Wildman–Crippen MR) is 229 cm³/mol. The van der Waals surface area contributed by atoms with E-state index in [9.17, 15) is 34.8 Å². The molecule has 0 spiro atoms. The van der Waals surface area contributed by atoms with Gasteiger partial charge in [-0.1, -0.05) is 0 Å². The highest BCUT2D eigenvalue weighted by molar-refractivity contribution is 6.05. The zero-order valence-corrected chi connectivity index (χ0v) is 35.4. The Bertz CT molecular complexity index is 2760. The van der Waals surface area contributed by atoms with Crippen molar-refractivity contribution in [1.29, 1.82) is 10.5 Å². The Morgan fingerprint density at radius 2 is 1.70 bits per heavy atom. The number of nitrogens with one attached hydrogen (secondary N) is 2. The van der Waals surface area contributed by atoms with E-state index in [1.807, 2.05) is 21.8 Å². The molecule has 4 fully saturated rings. The maximum Gasteiger partial charge on any atom is 0.274 e. The Kier molecular flexibility index (Phi) is 11.1. The number of aromatic nitrogens is 4. The highest BCUT2D eigenvalue weighted by Crippen LogP contribution is 2.38. The first kappa shape index (κ1) is 42.5. The van der Waals surface area contributed by atoms with Crippen molar-refractivity contribution < 1.29 is 33.1 Å². The molecule has 2 atom stereocenters. The molecule has 6 heterocycles. The fourth-order valence-corrected chi connectivity index (χ4v) is 9.96. The Hall–Kier alpha value is -6.76. The maximum absolute atomic E-state index is 15.2. The molecule has 4 aliphatic rings. The van der Waals surface area contributed by atoms with E-state index in [1.165, 1.54) is 22.8 Å². The number of hydrogen-bond donors (Lipinski definition) is 3. The molecule has 16 nitrogen and oxygen atoms in total. The van der Waals surface area contributed by atoms with Gasteiger partial charge in [0.15, 0.2) is 0 Å². The van der Waals surface area contributed by atoms with Gasteiger partial charge in [-0.3, -0.25) is 34.1 Å². The van der Waals surface area contributed by atoms with Crippen molar-refractivity contribution in [2.24, 2.45) is 5.92 Å². The van der Waals surface area contributed by atoms with E-state index in [2.05, 4.69) is 32.8 Å². The van der Waals surface area contributed by atoms with Gasteiger partial charge in [-0.2, -0.15) is 20.7 Å². The van der Waals surface area contributed by atoms with Gasteiger partial charge >= 0.3 is 0 Å². The average Bonchev–Trinajstić information content (AvgIpc) is 3.87. The van der Waals surface area contributed by atoms with Crippen LogP contribution in [0.5, 0.6) is 0 Å². The number of hydrogen-bond acceptors (Lipinski definition) is 11. The van der Waals surface area contributed by atoms with Crippen molar-refractivity contribution in [3.05, 3.63) is 88.9 Å². The molecule has 4 amide bonds. The van der Waals surface area contributed by atoms with Crippen molar-refractivity contribution in [3.63, 3.8) is 0 Å². The van der Waals surface area contributed by atoms with E-state index >= 15 is 8.78 Å². The molecule has 2 aromatic carbocycles. The summed E-state index contributed by atoms with van der Waals surface area (Å²) in [5.41, 5.74) is 1.51. The van der Waals surface area contributed by atoms with Gasteiger partial charge in [0, 0.05) is 85.3 Å². The quantitative estimate of drug-likeness (QED) is 0.170. The SMILES string of the molecule is CC(C)(O)c1cc2nn(C3CCC(N4CCN(C(=O)C5CN(c6cc(F)c([C@H]7CCC(=O)NC7=O)c(F)c6)C5)C[C@H]4CC#N)CC3)cc2cc1NC(=O)c1ccc2cc(C#N)cnn12. The number of piperidine rings is 1. The molecule has 18 heteroatoms. The van der Waals surface area contributed by atoms with Crippen LogP contribution in [0.2, 0.25) is 0 Å². The Morgan fingerprint density at radius 3 is 2.39 bits per heavy atom. The number of anilines is 2. The van der Waals surface area contributed by atoms with Crippen LogP contribution in [-0.4, -0.2) is 103 Å². The molecule has 1 saturated carbocycles. The number of fused-ring (bicyclic) bond motifs is 2. The lowest BCUT2D eigenvalue weighted by Crippen LogP contribution is -2.62. The number of carbonyl (C=O) groups is 4. The monoisotopic (exact) mass is 871 g/mol. The third-order valence-corrected chi connectivity index (χ3v) is 13.4. The van der Waals surface area contributed by atoms with E-state index in [0.29, 0.717) is 47.5 Å². The normalized spacial score (nSPS) is 22.2. The van der Waals surface area contributed by atoms with E-state index in [0.717, 1.165) is 31.1 Å². The van der Waals surface area contributed by atoms with Crippen LogP contribution in [0, 0.1) is 40.2 Å². The molecule has 330 valence electrons. The van der Waals surface area contributed by atoms with Gasteiger partial charge in [0.05, 0.1) is 58.8 Å². The van der Waals surface area contributed by atoms with Gasteiger partial charge in [-0.15, -0.1) is 0 Å². The van der Waals surface area contributed by atoms with Crippen molar-refractivity contribution >= 4 is 51.4 Å². The molecular formula is C46H47F2N11O5. The largest absolute Gasteiger partial charge is 0.386 e. The van der Waals surface area contributed by atoms with Crippen LogP contribution in [-0.2, 0) is 20.0 Å². The molecule has 5 aromatic rings. The topological polar surface area (TPSA) is 205 Å². The van der Waals surface area contributed by atoms with Gasteiger partial charge in [-0.05, 0) is 88.4 Å². The average molecular weight is 872 g/mol. The van der Waals surface area contributed by atoms with E-state index in [4.69, 9.17) is 5.10 Å². The van der Waals surface area contributed by atoms with Crippen LogP contribution < -0.4 is 15.5 Å². The number of amides is 4. The second-order valence-electron chi connectivity index (χ2n) is 17.9.